The summed E-state index contributed by atoms with van der Waals surface area (Å²) in [4.78, 5) is 5.21. The Kier molecular flexibility index (Phi) is 5.53. The van der Waals surface area contributed by atoms with Gasteiger partial charge in [0, 0.05) is 32.9 Å². The third kappa shape index (κ3) is 3.97. The Morgan fingerprint density at radius 2 is 1.62 bits per heavy atom. The number of anilines is 3. The van der Waals surface area contributed by atoms with Crippen molar-refractivity contribution in [1.82, 2.24) is 0 Å². The summed E-state index contributed by atoms with van der Waals surface area (Å²) in [6.45, 7) is 2.14. The van der Waals surface area contributed by atoms with Gasteiger partial charge in [0.1, 0.15) is 17.0 Å². The molecule has 0 radical (unpaired) electrons. The summed E-state index contributed by atoms with van der Waals surface area (Å²) in [5.74, 6) is 0. The first-order valence-corrected chi connectivity index (χ1v) is 9.60. The third-order valence-corrected chi connectivity index (χ3v) is 5.48. The van der Waals surface area contributed by atoms with E-state index in [1.54, 1.807) is 0 Å². The molecule has 4 nitrogen and oxygen atoms in total. The van der Waals surface area contributed by atoms with Crippen LogP contribution >= 0.6 is 0 Å². The molecule has 1 unspecified atom stereocenters. The Morgan fingerprint density at radius 1 is 0.958 bits per heavy atom. The molecule has 5 heteroatoms. The first-order valence-electron chi connectivity index (χ1n) is 8.45. The van der Waals surface area contributed by atoms with Crippen molar-refractivity contribution in [1.29, 1.82) is 0 Å². The molecule has 0 aromatic heterocycles. The van der Waals surface area contributed by atoms with Crippen LogP contribution in [0.5, 0.6) is 0 Å². The van der Waals surface area contributed by atoms with E-state index >= 15 is 0 Å². The lowest BCUT2D eigenvalue weighted by Gasteiger charge is -2.30. The highest BCUT2D eigenvalue weighted by molar-refractivity contribution is 7.92. The molecule has 1 saturated heterocycles. The first-order chi connectivity index (χ1) is 11.6. The average molecular weight is 343 g/mol. The Balaban J connectivity index is 1.75. The van der Waals surface area contributed by atoms with Crippen molar-refractivity contribution in [3.8, 4) is 0 Å². The third-order valence-electron chi connectivity index (χ3n) is 4.37. The second-order valence-electron chi connectivity index (χ2n) is 6.32. The van der Waals surface area contributed by atoms with Crippen molar-refractivity contribution >= 4 is 28.4 Å². The maximum Gasteiger partial charge on any atom is 0.180 e. The predicted molar refractivity (Wildman–Crippen MR) is 103 cm³/mol. The zero-order valence-corrected chi connectivity index (χ0v) is 15.2. The highest BCUT2D eigenvalue weighted by atomic mass is 32.2. The average Bonchev–Trinajstić information content (AvgIpc) is 2.63. The normalized spacial score (nSPS) is 15.9. The zero-order chi connectivity index (χ0) is 16.9. The first kappa shape index (κ1) is 17.0. The molecule has 0 saturated carbocycles. The van der Waals surface area contributed by atoms with E-state index in [0.29, 0.717) is 0 Å². The number of benzene rings is 2. The van der Waals surface area contributed by atoms with E-state index in [9.17, 15) is 4.55 Å². The Labute approximate surface area is 147 Å². The van der Waals surface area contributed by atoms with Crippen molar-refractivity contribution in [2.45, 2.75) is 24.2 Å². The van der Waals surface area contributed by atoms with Crippen LogP contribution in [-0.2, 0) is 11.4 Å². The van der Waals surface area contributed by atoms with Crippen LogP contribution in [-0.4, -0.2) is 31.7 Å². The van der Waals surface area contributed by atoms with Crippen molar-refractivity contribution in [2.24, 2.45) is 0 Å². The fourth-order valence-corrected chi connectivity index (χ4v) is 3.87. The van der Waals surface area contributed by atoms with Gasteiger partial charge in [-0.05, 0) is 55.7 Å². The maximum absolute atomic E-state index is 12.7. The molecule has 1 atom stereocenters. The molecule has 1 fully saturated rings. The van der Waals surface area contributed by atoms with Crippen LogP contribution in [0.4, 0.5) is 17.1 Å². The standard InChI is InChI=1S/C19H25N3OS/c1-21(2)16-10-12-17(13-11-16)24(23)20-18-8-4-5-9-19(18)22-14-6-3-7-15-22/h4-5,8-13,20H,3,6-7,14-15H2,1-2H3. The van der Waals surface area contributed by atoms with Crippen LogP contribution < -0.4 is 14.5 Å². The molecule has 1 aliphatic rings. The largest absolute Gasteiger partial charge is 0.588 e. The second kappa shape index (κ2) is 7.81. The Morgan fingerprint density at radius 3 is 2.29 bits per heavy atom. The molecular weight excluding hydrogens is 318 g/mol. The predicted octanol–water partition coefficient (Wildman–Crippen LogP) is 3.88. The van der Waals surface area contributed by atoms with E-state index in [1.807, 2.05) is 61.5 Å². The van der Waals surface area contributed by atoms with Crippen molar-refractivity contribution in [3.63, 3.8) is 0 Å². The molecule has 1 heterocycles. The summed E-state index contributed by atoms with van der Waals surface area (Å²) in [6.07, 6.45) is 3.75. The Bertz CT molecular complexity index is 654. The van der Waals surface area contributed by atoms with Crippen molar-refractivity contribution < 1.29 is 4.55 Å². The fourth-order valence-electron chi connectivity index (χ4n) is 3.00. The molecule has 3 rings (SSSR count). The molecule has 1 aliphatic heterocycles. The van der Waals surface area contributed by atoms with Crippen LogP contribution in [0.15, 0.2) is 53.4 Å². The van der Waals surface area contributed by atoms with E-state index in [-0.39, 0.29) is 0 Å². The van der Waals surface area contributed by atoms with Crippen molar-refractivity contribution in [3.05, 3.63) is 48.5 Å². The van der Waals surface area contributed by atoms with Gasteiger partial charge >= 0.3 is 0 Å². The van der Waals surface area contributed by atoms with Gasteiger partial charge < -0.3 is 14.4 Å². The van der Waals surface area contributed by atoms with Gasteiger partial charge in [-0.2, -0.15) is 0 Å². The number of nitrogens with one attached hydrogen (secondary N) is 1. The van der Waals surface area contributed by atoms with Crippen LogP contribution in [0.3, 0.4) is 0 Å². The van der Waals surface area contributed by atoms with Gasteiger partial charge in [0.05, 0.1) is 5.69 Å². The highest BCUT2D eigenvalue weighted by Gasteiger charge is 2.18. The zero-order valence-electron chi connectivity index (χ0n) is 14.4. The topological polar surface area (TPSA) is 41.6 Å². The molecule has 24 heavy (non-hydrogen) atoms. The van der Waals surface area contributed by atoms with Gasteiger partial charge in [-0.15, -0.1) is 0 Å². The van der Waals surface area contributed by atoms with Gasteiger partial charge in [0.2, 0.25) is 0 Å². The van der Waals surface area contributed by atoms with Gasteiger partial charge in [-0.1, -0.05) is 12.1 Å². The van der Waals surface area contributed by atoms with E-state index in [1.165, 1.54) is 19.3 Å². The molecule has 0 aliphatic carbocycles. The van der Waals surface area contributed by atoms with E-state index in [2.05, 4.69) is 15.7 Å². The van der Waals surface area contributed by atoms with Gasteiger partial charge in [-0.25, -0.2) is 4.72 Å². The quantitative estimate of drug-likeness (QED) is 0.837. The number of para-hydroxylation sites is 2. The molecule has 0 amide bonds. The molecule has 2 aromatic carbocycles. The summed E-state index contributed by atoms with van der Waals surface area (Å²) in [6, 6.07) is 16.0. The van der Waals surface area contributed by atoms with Gasteiger partial charge in [-0.3, -0.25) is 0 Å². The highest BCUT2D eigenvalue weighted by Crippen LogP contribution is 2.30. The Hall–Kier alpha value is -1.85. The molecular formula is C19H25N3OS. The summed E-state index contributed by atoms with van der Waals surface area (Å²) >= 11 is -1.27. The van der Waals surface area contributed by atoms with Crippen molar-refractivity contribution in [2.75, 3.05) is 41.7 Å². The van der Waals surface area contributed by atoms with Crippen LogP contribution in [0.2, 0.25) is 0 Å². The maximum atomic E-state index is 12.7. The minimum Gasteiger partial charge on any atom is -0.588 e. The summed E-state index contributed by atoms with van der Waals surface area (Å²) in [5, 5.41) is 0. The monoisotopic (exact) mass is 343 g/mol. The SMILES string of the molecule is CN(C)c1ccc([S+]([O-])Nc2ccccc2N2CCCCC2)cc1. The summed E-state index contributed by atoms with van der Waals surface area (Å²) in [5.41, 5.74) is 3.19. The molecule has 0 spiro atoms. The molecule has 0 bridgehead atoms. The second-order valence-corrected chi connectivity index (χ2v) is 7.54. The minimum atomic E-state index is -1.27. The molecule has 2 aromatic rings. The summed E-state index contributed by atoms with van der Waals surface area (Å²) in [7, 11) is 4.00. The van der Waals surface area contributed by atoms with Gasteiger partial charge in [0.15, 0.2) is 4.90 Å². The summed E-state index contributed by atoms with van der Waals surface area (Å²) < 4.78 is 15.9. The fraction of sp³-hybridized carbons (Fsp3) is 0.368. The number of hydrogen-bond acceptors (Lipinski definition) is 4. The van der Waals surface area contributed by atoms with E-state index in [4.69, 9.17) is 0 Å². The van der Waals surface area contributed by atoms with Gasteiger partial charge in [0.25, 0.3) is 0 Å². The lowest BCUT2D eigenvalue weighted by Crippen LogP contribution is -2.30. The van der Waals surface area contributed by atoms with Crippen LogP contribution in [0, 0.1) is 0 Å². The molecule has 128 valence electrons. The minimum absolute atomic E-state index is 0.786. The number of hydrogen-bond donors (Lipinski definition) is 1. The van der Waals surface area contributed by atoms with Crippen LogP contribution in [0.1, 0.15) is 19.3 Å². The lowest BCUT2D eigenvalue weighted by atomic mass is 10.1. The smallest absolute Gasteiger partial charge is 0.180 e. The number of nitrogens with zero attached hydrogens (tertiary/aromatic N) is 2. The lowest BCUT2D eigenvalue weighted by molar-refractivity contribution is 0.578. The molecule has 1 N–H and O–H groups in total. The number of rotatable bonds is 5. The van der Waals surface area contributed by atoms with Crippen LogP contribution in [0.25, 0.3) is 0 Å². The number of piperidine rings is 1. The van der Waals surface area contributed by atoms with E-state index in [0.717, 1.165) is 35.0 Å². The van der Waals surface area contributed by atoms with E-state index < -0.39 is 11.4 Å².